The minimum absolute atomic E-state index is 0.133. The van der Waals surface area contributed by atoms with Gasteiger partial charge in [-0.15, -0.1) is 0 Å². The largest absolute Gasteiger partial charge is 0.338 e. The van der Waals surface area contributed by atoms with Gasteiger partial charge in [-0.25, -0.2) is 16.8 Å². The Labute approximate surface area is 194 Å². The highest BCUT2D eigenvalue weighted by atomic mass is 35.5. The highest BCUT2D eigenvalue weighted by molar-refractivity contribution is 7.92. The summed E-state index contributed by atoms with van der Waals surface area (Å²) in [6.45, 7) is 4.02. The number of rotatable bonds is 6. The van der Waals surface area contributed by atoms with Gasteiger partial charge in [-0.3, -0.25) is 9.10 Å². The second kappa shape index (κ2) is 9.38. The van der Waals surface area contributed by atoms with Crippen LogP contribution in [0.15, 0.2) is 53.4 Å². The van der Waals surface area contributed by atoms with Gasteiger partial charge >= 0.3 is 0 Å². The first kappa shape index (κ1) is 24.5. The molecule has 0 bridgehead atoms. The van der Waals surface area contributed by atoms with Crippen LogP contribution in [-0.2, 0) is 24.8 Å². The van der Waals surface area contributed by atoms with Crippen LogP contribution in [0.2, 0.25) is 5.02 Å². The molecule has 1 aliphatic rings. The predicted molar refractivity (Wildman–Crippen MR) is 125 cm³/mol. The summed E-state index contributed by atoms with van der Waals surface area (Å²) < 4.78 is 53.1. The molecule has 11 heteroatoms. The third-order valence-electron chi connectivity index (χ3n) is 5.36. The van der Waals surface area contributed by atoms with E-state index in [4.69, 9.17) is 11.6 Å². The second-order valence-corrected chi connectivity index (χ2v) is 12.0. The van der Waals surface area contributed by atoms with Crippen molar-refractivity contribution in [2.45, 2.75) is 24.8 Å². The maximum atomic E-state index is 13.1. The van der Waals surface area contributed by atoms with Gasteiger partial charge in [0.1, 0.15) is 6.04 Å². The summed E-state index contributed by atoms with van der Waals surface area (Å²) in [5.74, 6) is -0.391. The van der Waals surface area contributed by atoms with E-state index < -0.39 is 32.0 Å². The number of carbonyl (C=O) groups excluding carboxylic acids is 1. The molecule has 3 rings (SSSR count). The lowest BCUT2D eigenvalue weighted by Crippen LogP contribution is -2.56. The molecular formula is C21H26ClN3O5S2. The molecule has 0 radical (unpaired) electrons. The number of hydrogen-bond donors (Lipinski definition) is 0. The highest BCUT2D eigenvalue weighted by Gasteiger charge is 2.35. The van der Waals surface area contributed by atoms with Gasteiger partial charge in [0.05, 0.1) is 16.8 Å². The fraction of sp³-hybridized carbons (Fsp3) is 0.381. The summed E-state index contributed by atoms with van der Waals surface area (Å²) in [6.07, 6.45) is 1.04. The minimum atomic E-state index is -3.75. The van der Waals surface area contributed by atoms with Gasteiger partial charge < -0.3 is 4.90 Å². The van der Waals surface area contributed by atoms with Gasteiger partial charge in [-0.05, 0) is 50.2 Å². The van der Waals surface area contributed by atoms with Crippen LogP contribution in [0.3, 0.4) is 0 Å². The van der Waals surface area contributed by atoms with Crippen molar-refractivity contribution < 1.29 is 21.6 Å². The normalized spacial score (nSPS) is 16.6. The average Bonchev–Trinajstić information content (AvgIpc) is 2.74. The monoisotopic (exact) mass is 499 g/mol. The number of amides is 1. The van der Waals surface area contributed by atoms with Crippen molar-refractivity contribution in [3.8, 4) is 0 Å². The molecule has 1 aliphatic heterocycles. The van der Waals surface area contributed by atoms with E-state index in [2.05, 4.69) is 0 Å². The fourth-order valence-corrected chi connectivity index (χ4v) is 6.38. The Morgan fingerprint density at radius 1 is 0.938 bits per heavy atom. The number of anilines is 1. The van der Waals surface area contributed by atoms with E-state index in [1.165, 1.54) is 16.1 Å². The Morgan fingerprint density at radius 3 is 1.97 bits per heavy atom. The number of piperazine rings is 1. The van der Waals surface area contributed by atoms with Gasteiger partial charge in [0.25, 0.3) is 0 Å². The van der Waals surface area contributed by atoms with Gasteiger partial charge in [-0.1, -0.05) is 29.3 Å². The Bertz CT molecular complexity index is 1170. The summed E-state index contributed by atoms with van der Waals surface area (Å²) in [4.78, 5) is 14.8. The van der Waals surface area contributed by atoms with E-state index in [-0.39, 0.29) is 31.1 Å². The maximum absolute atomic E-state index is 13.1. The molecule has 0 unspecified atom stereocenters. The highest BCUT2D eigenvalue weighted by Crippen LogP contribution is 2.25. The smallest absolute Gasteiger partial charge is 0.246 e. The SMILES string of the molecule is Cc1ccc(S(=O)(=O)N2CCN(C(=O)[C@H](C)N(c3ccc(Cl)cc3)S(C)(=O)=O)CC2)cc1. The molecule has 1 saturated heterocycles. The van der Waals surface area contributed by atoms with Crippen LogP contribution < -0.4 is 4.31 Å². The van der Waals surface area contributed by atoms with Crippen molar-refractivity contribution in [2.24, 2.45) is 0 Å². The molecule has 8 nitrogen and oxygen atoms in total. The Kier molecular flexibility index (Phi) is 7.18. The Morgan fingerprint density at radius 2 is 1.47 bits per heavy atom. The van der Waals surface area contributed by atoms with Crippen molar-refractivity contribution in [3.05, 3.63) is 59.1 Å². The van der Waals surface area contributed by atoms with E-state index in [0.717, 1.165) is 16.1 Å². The summed E-state index contributed by atoms with van der Waals surface area (Å²) in [7, 11) is -7.41. The van der Waals surface area contributed by atoms with Crippen molar-refractivity contribution in [2.75, 3.05) is 36.7 Å². The van der Waals surface area contributed by atoms with Crippen molar-refractivity contribution in [1.29, 1.82) is 0 Å². The number of halogens is 1. The summed E-state index contributed by atoms with van der Waals surface area (Å²) in [5.41, 5.74) is 1.29. The molecule has 0 saturated carbocycles. The second-order valence-electron chi connectivity index (χ2n) is 7.75. The van der Waals surface area contributed by atoms with Crippen molar-refractivity contribution in [3.63, 3.8) is 0 Å². The maximum Gasteiger partial charge on any atom is 0.246 e. The summed E-state index contributed by atoms with van der Waals surface area (Å²) in [5, 5.41) is 0.451. The molecule has 174 valence electrons. The first-order valence-electron chi connectivity index (χ1n) is 10.0. The van der Waals surface area contributed by atoms with E-state index >= 15 is 0 Å². The van der Waals surface area contributed by atoms with Gasteiger partial charge in [0.15, 0.2) is 0 Å². The van der Waals surface area contributed by atoms with Crippen LogP contribution in [0.4, 0.5) is 5.69 Å². The zero-order chi connectivity index (χ0) is 23.7. The quantitative estimate of drug-likeness (QED) is 0.608. The number of benzene rings is 2. The van der Waals surface area contributed by atoms with Crippen LogP contribution in [0.1, 0.15) is 12.5 Å². The number of carbonyl (C=O) groups is 1. The molecule has 1 atom stereocenters. The Balaban J connectivity index is 1.73. The molecule has 32 heavy (non-hydrogen) atoms. The van der Waals surface area contributed by atoms with Crippen LogP contribution in [0.25, 0.3) is 0 Å². The van der Waals surface area contributed by atoms with Crippen LogP contribution in [0, 0.1) is 6.92 Å². The molecule has 1 amide bonds. The van der Waals surface area contributed by atoms with Gasteiger partial charge in [-0.2, -0.15) is 4.31 Å². The summed E-state index contributed by atoms with van der Waals surface area (Å²) >= 11 is 5.90. The first-order chi connectivity index (χ1) is 14.9. The molecule has 2 aromatic carbocycles. The van der Waals surface area contributed by atoms with Crippen molar-refractivity contribution >= 4 is 43.2 Å². The lowest BCUT2D eigenvalue weighted by atomic mass is 10.2. The molecule has 0 N–H and O–H groups in total. The van der Waals surface area contributed by atoms with E-state index in [1.54, 1.807) is 48.5 Å². The lowest BCUT2D eigenvalue weighted by molar-refractivity contribution is -0.133. The van der Waals surface area contributed by atoms with Crippen LogP contribution >= 0.6 is 11.6 Å². The number of sulfonamides is 2. The molecule has 0 aromatic heterocycles. The van der Waals surface area contributed by atoms with E-state index in [1.807, 2.05) is 6.92 Å². The molecular weight excluding hydrogens is 474 g/mol. The molecule has 2 aromatic rings. The fourth-order valence-electron chi connectivity index (χ4n) is 3.66. The van der Waals surface area contributed by atoms with E-state index in [9.17, 15) is 21.6 Å². The number of hydrogen-bond acceptors (Lipinski definition) is 5. The zero-order valence-electron chi connectivity index (χ0n) is 18.1. The third-order valence-corrected chi connectivity index (χ3v) is 8.76. The average molecular weight is 500 g/mol. The van der Waals surface area contributed by atoms with Gasteiger partial charge in [0.2, 0.25) is 26.0 Å². The minimum Gasteiger partial charge on any atom is -0.338 e. The van der Waals surface area contributed by atoms with Crippen molar-refractivity contribution in [1.82, 2.24) is 9.21 Å². The molecule has 1 fully saturated rings. The molecule has 0 spiro atoms. The van der Waals surface area contributed by atoms with Crippen LogP contribution in [0.5, 0.6) is 0 Å². The molecule has 0 aliphatic carbocycles. The lowest BCUT2D eigenvalue weighted by Gasteiger charge is -2.37. The topological polar surface area (TPSA) is 95.1 Å². The Hall–Kier alpha value is -2.14. The van der Waals surface area contributed by atoms with E-state index in [0.29, 0.717) is 10.7 Å². The van der Waals surface area contributed by atoms with Crippen LogP contribution in [-0.4, -0.2) is 70.4 Å². The predicted octanol–water partition coefficient (Wildman–Crippen LogP) is 2.34. The van der Waals surface area contributed by atoms with Gasteiger partial charge in [0, 0.05) is 31.2 Å². The number of nitrogens with zero attached hydrogens (tertiary/aromatic N) is 3. The zero-order valence-corrected chi connectivity index (χ0v) is 20.5. The third kappa shape index (κ3) is 5.25. The summed E-state index contributed by atoms with van der Waals surface area (Å²) in [6, 6.07) is 11.8. The first-order valence-corrected chi connectivity index (χ1v) is 13.7. The number of aryl methyl sites for hydroxylation is 1. The standard InChI is InChI=1S/C21H26ClN3O5S2/c1-16-4-10-20(11-5-16)32(29,30)24-14-12-23(13-15-24)21(26)17(2)25(31(3,27)28)19-8-6-18(22)7-9-19/h4-11,17H,12-15H2,1-3H3/t17-/m0/s1. The molecule has 1 heterocycles.